The van der Waals surface area contributed by atoms with Crippen LogP contribution in [0.3, 0.4) is 0 Å². The zero-order valence-corrected chi connectivity index (χ0v) is 19.0. The molecule has 0 unspecified atom stereocenters. The molecule has 0 aliphatic rings. The molecule has 3 rings (SSSR count). The van der Waals surface area contributed by atoms with Crippen molar-refractivity contribution in [2.24, 2.45) is 0 Å². The Kier molecular flexibility index (Phi) is 7.34. The van der Waals surface area contributed by atoms with Gasteiger partial charge in [-0.05, 0) is 48.0 Å². The van der Waals surface area contributed by atoms with E-state index < -0.39 is 22.1 Å². The quantitative estimate of drug-likeness (QED) is 0.327. The Morgan fingerprint density at radius 3 is 2.09 bits per heavy atom. The van der Waals surface area contributed by atoms with Gasteiger partial charge in [-0.25, -0.2) is 8.42 Å². The second-order valence-corrected chi connectivity index (χ2v) is 9.26. The predicted molar refractivity (Wildman–Crippen MR) is 119 cm³/mol. The normalized spacial score (nSPS) is 11.8. The molecule has 32 heavy (non-hydrogen) atoms. The van der Waals surface area contributed by atoms with Gasteiger partial charge in [0, 0.05) is 12.2 Å². The van der Waals surface area contributed by atoms with E-state index in [1.54, 1.807) is 36.4 Å². The number of hydrogen-bond donors (Lipinski definition) is 2. The molecule has 0 bridgehead atoms. The van der Waals surface area contributed by atoms with Gasteiger partial charge in [0.25, 0.3) is 10.0 Å². The number of nitrogens with one attached hydrogen (secondary N) is 2. The van der Waals surface area contributed by atoms with Crippen LogP contribution >= 0.6 is 34.8 Å². The van der Waals surface area contributed by atoms with Crippen molar-refractivity contribution in [3.05, 3.63) is 81.3 Å². The molecule has 0 radical (unpaired) electrons. The summed E-state index contributed by atoms with van der Waals surface area (Å²) in [6.07, 6.45) is -4.87. The summed E-state index contributed by atoms with van der Waals surface area (Å²) in [7, 11) is -4.07. The molecular weight excluding hydrogens is 512 g/mol. The fourth-order valence-corrected chi connectivity index (χ4v) is 4.35. The maximum atomic E-state index is 12.7. The number of ether oxygens (including phenoxy) is 1. The van der Waals surface area contributed by atoms with Gasteiger partial charge < -0.3 is 10.1 Å². The number of hydrogen-bond acceptors (Lipinski definition) is 4. The molecule has 0 saturated carbocycles. The predicted octanol–water partition coefficient (Wildman–Crippen LogP) is 6.96. The SMILES string of the molecule is O=S(=O)(Nc1ccccc1CNc1cc(Cl)c(Cl)c(Cl)c1)c1ccc(OC(F)(F)F)cc1. The van der Waals surface area contributed by atoms with E-state index in [4.69, 9.17) is 34.8 Å². The first-order valence-corrected chi connectivity index (χ1v) is 11.4. The highest BCUT2D eigenvalue weighted by molar-refractivity contribution is 7.92. The molecule has 12 heteroatoms. The van der Waals surface area contributed by atoms with E-state index in [1.807, 2.05) is 0 Å². The molecule has 2 N–H and O–H groups in total. The van der Waals surface area contributed by atoms with Crippen molar-refractivity contribution in [2.75, 3.05) is 10.0 Å². The maximum Gasteiger partial charge on any atom is 0.573 e. The highest BCUT2D eigenvalue weighted by Crippen LogP contribution is 2.33. The first kappa shape index (κ1) is 24.3. The summed E-state index contributed by atoms with van der Waals surface area (Å²) in [5.74, 6) is -0.527. The third kappa shape index (κ3) is 6.35. The van der Waals surface area contributed by atoms with Crippen LogP contribution in [0.5, 0.6) is 5.75 Å². The number of alkyl halides is 3. The van der Waals surface area contributed by atoms with Crippen molar-refractivity contribution < 1.29 is 26.3 Å². The minimum absolute atomic E-state index is 0.214. The van der Waals surface area contributed by atoms with E-state index >= 15 is 0 Å². The molecule has 0 aliphatic heterocycles. The lowest BCUT2D eigenvalue weighted by Crippen LogP contribution is -2.17. The lowest BCUT2D eigenvalue weighted by atomic mass is 10.2. The summed E-state index contributed by atoms with van der Waals surface area (Å²) < 4.78 is 68.5. The van der Waals surface area contributed by atoms with E-state index in [-0.39, 0.29) is 32.2 Å². The Balaban J connectivity index is 1.76. The zero-order chi connectivity index (χ0) is 23.5. The fraction of sp³-hybridized carbons (Fsp3) is 0.100. The third-order valence-corrected chi connectivity index (χ3v) is 6.67. The Labute approximate surface area is 197 Å². The van der Waals surface area contributed by atoms with Crippen LogP contribution in [0, 0.1) is 0 Å². The van der Waals surface area contributed by atoms with Gasteiger partial charge in [-0.15, -0.1) is 13.2 Å². The van der Waals surface area contributed by atoms with Crippen molar-refractivity contribution in [3.8, 4) is 5.75 Å². The lowest BCUT2D eigenvalue weighted by molar-refractivity contribution is -0.274. The van der Waals surface area contributed by atoms with E-state index in [2.05, 4.69) is 14.8 Å². The Bertz CT molecular complexity index is 1200. The minimum Gasteiger partial charge on any atom is -0.406 e. The van der Waals surface area contributed by atoms with Crippen molar-refractivity contribution in [1.82, 2.24) is 0 Å². The molecule has 3 aromatic rings. The Hall–Kier alpha value is -2.33. The molecule has 0 aliphatic carbocycles. The van der Waals surface area contributed by atoms with E-state index in [0.717, 1.165) is 24.3 Å². The molecule has 0 atom stereocenters. The highest BCUT2D eigenvalue weighted by atomic mass is 35.5. The van der Waals surface area contributed by atoms with Crippen LogP contribution in [0.25, 0.3) is 0 Å². The molecule has 0 aromatic heterocycles. The van der Waals surface area contributed by atoms with Gasteiger partial charge in [-0.3, -0.25) is 4.72 Å². The van der Waals surface area contributed by atoms with Crippen molar-refractivity contribution in [1.29, 1.82) is 0 Å². The second kappa shape index (κ2) is 9.66. The zero-order valence-electron chi connectivity index (χ0n) is 15.9. The van der Waals surface area contributed by atoms with Crippen molar-refractivity contribution >= 4 is 56.2 Å². The first-order chi connectivity index (χ1) is 14.9. The van der Waals surface area contributed by atoms with E-state index in [9.17, 15) is 21.6 Å². The summed E-state index contributed by atoms with van der Waals surface area (Å²) in [5.41, 5.74) is 1.44. The van der Waals surface area contributed by atoms with Crippen LogP contribution in [-0.4, -0.2) is 14.8 Å². The lowest BCUT2D eigenvalue weighted by Gasteiger charge is -2.15. The average molecular weight is 526 g/mol. The number of sulfonamides is 1. The van der Waals surface area contributed by atoms with Crippen LogP contribution in [0.1, 0.15) is 5.56 Å². The topological polar surface area (TPSA) is 67.4 Å². The standard InChI is InChI=1S/C20H14Cl3F3N2O3S/c21-16-9-13(10-17(22)19(16)23)27-11-12-3-1-2-4-18(12)28-32(29,30)15-7-5-14(6-8-15)31-20(24,25)26/h1-10,27-28H,11H2. The van der Waals surface area contributed by atoms with Crippen LogP contribution in [0.15, 0.2) is 65.6 Å². The third-order valence-electron chi connectivity index (χ3n) is 4.10. The maximum absolute atomic E-state index is 12.7. The molecule has 0 amide bonds. The van der Waals surface area contributed by atoms with Crippen LogP contribution in [0.4, 0.5) is 24.5 Å². The van der Waals surface area contributed by atoms with Gasteiger partial charge in [-0.2, -0.15) is 0 Å². The Morgan fingerprint density at radius 2 is 1.50 bits per heavy atom. The molecule has 0 spiro atoms. The molecule has 170 valence electrons. The average Bonchev–Trinajstić information content (AvgIpc) is 2.70. The Morgan fingerprint density at radius 1 is 0.906 bits per heavy atom. The van der Waals surface area contributed by atoms with Crippen LogP contribution in [-0.2, 0) is 16.6 Å². The highest BCUT2D eigenvalue weighted by Gasteiger charge is 2.31. The summed E-state index contributed by atoms with van der Waals surface area (Å²) >= 11 is 18.0. The first-order valence-electron chi connectivity index (χ1n) is 8.79. The molecular formula is C20H14Cl3F3N2O3S. The van der Waals surface area contributed by atoms with Crippen LogP contribution < -0.4 is 14.8 Å². The number of rotatable bonds is 7. The summed E-state index contributed by atoms with van der Waals surface area (Å²) in [4.78, 5) is -0.231. The summed E-state index contributed by atoms with van der Waals surface area (Å²) in [5, 5.41) is 3.82. The summed E-state index contributed by atoms with van der Waals surface area (Å²) in [6, 6.07) is 13.6. The number of para-hydroxylation sites is 1. The second-order valence-electron chi connectivity index (χ2n) is 6.39. The fourth-order valence-electron chi connectivity index (χ4n) is 2.65. The largest absolute Gasteiger partial charge is 0.573 e. The van der Waals surface area contributed by atoms with Crippen molar-refractivity contribution in [2.45, 2.75) is 17.8 Å². The van der Waals surface area contributed by atoms with Gasteiger partial charge >= 0.3 is 6.36 Å². The number of benzene rings is 3. The monoisotopic (exact) mass is 524 g/mol. The van der Waals surface area contributed by atoms with Gasteiger partial charge in [0.1, 0.15) is 5.75 Å². The smallest absolute Gasteiger partial charge is 0.406 e. The van der Waals surface area contributed by atoms with E-state index in [0.29, 0.717) is 11.3 Å². The van der Waals surface area contributed by atoms with Gasteiger partial charge in [0.15, 0.2) is 0 Å². The minimum atomic E-state index is -4.87. The van der Waals surface area contributed by atoms with Crippen molar-refractivity contribution in [3.63, 3.8) is 0 Å². The van der Waals surface area contributed by atoms with Gasteiger partial charge in [-0.1, -0.05) is 53.0 Å². The molecule has 0 fully saturated rings. The summed E-state index contributed by atoms with van der Waals surface area (Å²) in [6.45, 7) is 0.214. The van der Waals surface area contributed by atoms with Crippen LogP contribution in [0.2, 0.25) is 15.1 Å². The molecule has 3 aromatic carbocycles. The molecule has 5 nitrogen and oxygen atoms in total. The number of halogens is 6. The van der Waals surface area contributed by atoms with Gasteiger partial charge in [0.05, 0.1) is 25.7 Å². The molecule has 0 saturated heterocycles. The van der Waals surface area contributed by atoms with Gasteiger partial charge in [0.2, 0.25) is 0 Å². The molecule has 0 heterocycles. The number of anilines is 2. The van der Waals surface area contributed by atoms with E-state index in [1.165, 1.54) is 0 Å².